The van der Waals surface area contributed by atoms with Gasteiger partial charge >= 0.3 is 18.0 Å². The van der Waals surface area contributed by atoms with E-state index in [-0.39, 0.29) is 6.42 Å². The van der Waals surface area contributed by atoms with Crippen LogP contribution in [-0.4, -0.2) is 74.0 Å². The van der Waals surface area contributed by atoms with Gasteiger partial charge in [-0.2, -0.15) is 5.01 Å². The second-order valence-electron chi connectivity index (χ2n) is 8.42. The van der Waals surface area contributed by atoms with Crippen LogP contribution in [-0.2, 0) is 36.9 Å². The zero-order valence-electron chi connectivity index (χ0n) is 19.6. The second-order valence-corrected chi connectivity index (χ2v) is 8.42. The molecule has 0 aliphatic carbocycles. The molecule has 1 unspecified atom stereocenters. The van der Waals surface area contributed by atoms with Gasteiger partial charge in [0.15, 0.2) is 0 Å². The van der Waals surface area contributed by atoms with Crippen LogP contribution in [0.15, 0.2) is 24.3 Å². The van der Waals surface area contributed by atoms with Crippen LogP contribution in [0.25, 0.3) is 0 Å². The largest absolute Gasteiger partial charge is 0.481 e. The summed E-state index contributed by atoms with van der Waals surface area (Å²) in [5.74, 6) is -6.40. The number of nitrogens with one attached hydrogen (secondary N) is 2. The Labute approximate surface area is 201 Å². The average molecular weight is 492 g/mol. The van der Waals surface area contributed by atoms with Crippen molar-refractivity contribution in [2.75, 3.05) is 0 Å². The number of benzene rings is 1. The van der Waals surface area contributed by atoms with Gasteiger partial charge in [0.2, 0.25) is 11.8 Å². The number of nitrogens with two attached hydrogens (primary N) is 1. The monoisotopic (exact) mass is 491 g/mol. The van der Waals surface area contributed by atoms with Crippen LogP contribution in [0.1, 0.15) is 38.3 Å². The molecule has 0 aromatic heterocycles. The van der Waals surface area contributed by atoms with Gasteiger partial charge in [0.05, 0.1) is 6.42 Å². The number of aliphatic carboxylic acids is 2. The molecule has 5 amide bonds. The number of urea groups is 1. The number of carbonyl (C=O) groups excluding carboxylic acids is 4. The SMILES string of the molecule is CC(=O)N([C@@H](CC(=O)O)C(=O)N[C@H](C(=O)O)C(C)C)N1C(=O)NC(Cc2ccc(CN)cc2)C1=O. The lowest BCUT2D eigenvalue weighted by atomic mass is 10.0. The van der Waals surface area contributed by atoms with Crippen LogP contribution in [0, 0.1) is 5.92 Å². The molecule has 35 heavy (non-hydrogen) atoms. The number of carboxylic acids is 2. The number of amides is 5. The van der Waals surface area contributed by atoms with E-state index in [1.807, 2.05) is 0 Å². The van der Waals surface area contributed by atoms with Crippen molar-refractivity contribution in [3.63, 3.8) is 0 Å². The first-order valence-corrected chi connectivity index (χ1v) is 10.8. The van der Waals surface area contributed by atoms with E-state index in [1.54, 1.807) is 24.3 Å². The van der Waals surface area contributed by atoms with Gasteiger partial charge in [0, 0.05) is 19.9 Å². The number of hydrogen-bond donors (Lipinski definition) is 5. The van der Waals surface area contributed by atoms with Crippen molar-refractivity contribution < 1.29 is 39.0 Å². The average Bonchev–Trinajstić information content (AvgIpc) is 3.04. The van der Waals surface area contributed by atoms with Crippen molar-refractivity contribution in [2.24, 2.45) is 11.7 Å². The van der Waals surface area contributed by atoms with Crippen LogP contribution in [0.3, 0.4) is 0 Å². The van der Waals surface area contributed by atoms with Gasteiger partial charge in [-0.15, -0.1) is 0 Å². The lowest BCUT2D eigenvalue weighted by Gasteiger charge is -2.34. The molecular formula is C22H29N5O8. The van der Waals surface area contributed by atoms with Crippen LogP contribution in [0.5, 0.6) is 0 Å². The Kier molecular flexibility index (Phi) is 8.89. The molecule has 13 heteroatoms. The summed E-state index contributed by atoms with van der Waals surface area (Å²) in [5, 5.41) is 24.2. The standard InChI is InChI=1S/C22H29N5O8/c1-11(2)18(21(33)34)25-19(31)16(9-17(29)30)26(12(3)28)27-20(32)15(24-22(27)35)8-13-4-6-14(10-23)7-5-13/h4-7,11,15-16,18H,8-10,23H2,1-3H3,(H,24,35)(H,25,31)(H,29,30)(H,33,34)/t15?,16-,18-/m0/s1. The number of nitrogens with zero attached hydrogens (tertiary/aromatic N) is 2. The number of hydrogen-bond acceptors (Lipinski definition) is 7. The molecule has 1 heterocycles. The number of carboxylic acid groups (broad SMARTS) is 2. The summed E-state index contributed by atoms with van der Waals surface area (Å²) in [6.45, 7) is 4.33. The Morgan fingerprint density at radius 1 is 1.11 bits per heavy atom. The summed E-state index contributed by atoms with van der Waals surface area (Å²) in [4.78, 5) is 74.2. The molecule has 1 aromatic rings. The Bertz CT molecular complexity index is 1010. The number of carbonyl (C=O) groups is 6. The molecule has 1 aliphatic heterocycles. The maximum absolute atomic E-state index is 13.1. The molecule has 6 N–H and O–H groups in total. The molecule has 1 fully saturated rings. The minimum atomic E-state index is -1.86. The van der Waals surface area contributed by atoms with Crippen molar-refractivity contribution in [3.05, 3.63) is 35.4 Å². The first-order valence-electron chi connectivity index (χ1n) is 10.8. The lowest BCUT2D eigenvalue weighted by molar-refractivity contribution is -0.165. The van der Waals surface area contributed by atoms with Gasteiger partial charge in [-0.1, -0.05) is 38.1 Å². The Hall–Kier alpha value is -4.00. The van der Waals surface area contributed by atoms with E-state index in [4.69, 9.17) is 5.73 Å². The first-order chi connectivity index (χ1) is 16.4. The first kappa shape index (κ1) is 27.2. The number of rotatable bonds is 11. The second kappa shape index (κ2) is 11.4. The molecule has 1 aliphatic rings. The summed E-state index contributed by atoms with van der Waals surface area (Å²) in [7, 11) is 0. The summed E-state index contributed by atoms with van der Waals surface area (Å²) < 4.78 is 0. The summed E-state index contributed by atoms with van der Waals surface area (Å²) in [5.41, 5.74) is 7.13. The third-order valence-corrected chi connectivity index (χ3v) is 5.43. The highest BCUT2D eigenvalue weighted by molar-refractivity contribution is 6.06. The predicted octanol–water partition coefficient (Wildman–Crippen LogP) is -0.560. The van der Waals surface area contributed by atoms with Crippen LogP contribution in [0.2, 0.25) is 0 Å². The van der Waals surface area contributed by atoms with Gasteiger partial charge in [0.1, 0.15) is 18.1 Å². The minimum Gasteiger partial charge on any atom is -0.481 e. The van der Waals surface area contributed by atoms with E-state index in [0.29, 0.717) is 22.1 Å². The van der Waals surface area contributed by atoms with Gasteiger partial charge in [-0.3, -0.25) is 19.2 Å². The Morgan fingerprint density at radius 2 is 1.69 bits per heavy atom. The fourth-order valence-electron chi connectivity index (χ4n) is 3.63. The van der Waals surface area contributed by atoms with Gasteiger partial charge < -0.3 is 26.6 Å². The highest BCUT2D eigenvalue weighted by Crippen LogP contribution is 2.20. The molecule has 13 nitrogen and oxygen atoms in total. The van der Waals surface area contributed by atoms with E-state index >= 15 is 0 Å². The van der Waals surface area contributed by atoms with Crippen molar-refractivity contribution in [1.82, 2.24) is 20.7 Å². The third-order valence-electron chi connectivity index (χ3n) is 5.43. The fraction of sp³-hybridized carbons (Fsp3) is 0.455. The number of imide groups is 1. The molecule has 0 spiro atoms. The predicted molar refractivity (Wildman–Crippen MR) is 120 cm³/mol. The quantitative estimate of drug-likeness (QED) is 0.252. The molecule has 0 saturated carbocycles. The lowest BCUT2D eigenvalue weighted by Crippen LogP contribution is -2.61. The molecule has 2 rings (SSSR count). The van der Waals surface area contributed by atoms with Crippen LogP contribution >= 0.6 is 0 Å². The molecule has 3 atom stereocenters. The zero-order chi connectivity index (χ0) is 26.4. The van der Waals surface area contributed by atoms with E-state index in [9.17, 15) is 39.0 Å². The van der Waals surface area contributed by atoms with Crippen molar-refractivity contribution in [2.45, 2.75) is 58.3 Å². The molecule has 1 aromatic carbocycles. The van der Waals surface area contributed by atoms with E-state index < -0.39 is 66.2 Å². The number of hydrazine groups is 1. The molecule has 1 saturated heterocycles. The van der Waals surface area contributed by atoms with E-state index in [1.165, 1.54) is 13.8 Å². The fourth-order valence-corrected chi connectivity index (χ4v) is 3.63. The highest BCUT2D eigenvalue weighted by atomic mass is 16.4. The van der Waals surface area contributed by atoms with E-state index in [2.05, 4.69) is 10.6 Å². The zero-order valence-corrected chi connectivity index (χ0v) is 19.6. The summed E-state index contributed by atoms with van der Waals surface area (Å²) >= 11 is 0. The molecular weight excluding hydrogens is 462 g/mol. The summed E-state index contributed by atoms with van der Waals surface area (Å²) in [6, 6.07) is 1.63. The van der Waals surface area contributed by atoms with Gasteiger partial charge in [0.25, 0.3) is 5.91 Å². The highest BCUT2D eigenvalue weighted by Gasteiger charge is 2.47. The Balaban J connectivity index is 2.34. The smallest absolute Gasteiger partial charge is 0.344 e. The third kappa shape index (κ3) is 6.53. The topological polar surface area (TPSA) is 199 Å². The maximum Gasteiger partial charge on any atom is 0.344 e. The van der Waals surface area contributed by atoms with Gasteiger partial charge in [-0.05, 0) is 17.0 Å². The minimum absolute atomic E-state index is 0.0713. The molecule has 0 bridgehead atoms. The van der Waals surface area contributed by atoms with Crippen LogP contribution < -0.4 is 16.4 Å². The van der Waals surface area contributed by atoms with Crippen molar-refractivity contribution in [1.29, 1.82) is 0 Å². The van der Waals surface area contributed by atoms with Crippen molar-refractivity contribution in [3.8, 4) is 0 Å². The normalized spacial score (nSPS) is 17.1. The van der Waals surface area contributed by atoms with Crippen molar-refractivity contribution >= 4 is 35.7 Å². The summed E-state index contributed by atoms with van der Waals surface area (Å²) in [6.07, 6.45) is -0.903. The molecule has 190 valence electrons. The van der Waals surface area contributed by atoms with E-state index in [0.717, 1.165) is 12.5 Å². The van der Waals surface area contributed by atoms with Crippen LogP contribution in [0.4, 0.5) is 4.79 Å². The molecule has 0 radical (unpaired) electrons. The van der Waals surface area contributed by atoms with Gasteiger partial charge in [-0.25, -0.2) is 14.6 Å². The maximum atomic E-state index is 13.1. The Morgan fingerprint density at radius 3 is 2.14 bits per heavy atom.